The maximum atomic E-state index is 11.6. The molecular weight excluding hydrogens is 366 g/mol. The Balaban J connectivity index is 1.58. The molecule has 0 bridgehead atoms. The van der Waals surface area contributed by atoms with E-state index in [0.717, 1.165) is 11.1 Å². The van der Waals surface area contributed by atoms with Crippen molar-refractivity contribution in [2.75, 3.05) is 13.1 Å². The number of carbonyl (C=O) groups excluding carboxylic acids is 3. The van der Waals surface area contributed by atoms with E-state index >= 15 is 0 Å². The Kier molecular flexibility index (Phi) is 8.44. The number of rotatable bonds is 9. The van der Waals surface area contributed by atoms with E-state index in [4.69, 9.17) is 4.74 Å². The van der Waals surface area contributed by atoms with E-state index in [9.17, 15) is 19.6 Å². The van der Waals surface area contributed by atoms with Crippen LogP contribution in [0.1, 0.15) is 11.1 Å². The van der Waals surface area contributed by atoms with Gasteiger partial charge in [0.05, 0.1) is 6.54 Å². The summed E-state index contributed by atoms with van der Waals surface area (Å²) in [5.74, 6) is -1.47. The number of carbonyl (C=O) groups is 3. The molecule has 9 nitrogen and oxygen atoms in total. The van der Waals surface area contributed by atoms with Gasteiger partial charge in [0.2, 0.25) is 5.91 Å². The molecule has 0 aliphatic heterocycles. The summed E-state index contributed by atoms with van der Waals surface area (Å²) in [7, 11) is 0. The zero-order valence-electron chi connectivity index (χ0n) is 15.0. The van der Waals surface area contributed by atoms with Gasteiger partial charge in [0.25, 0.3) is 0 Å². The quantitative estimate of drug-likeness (QED) is 0.557. The molecule has 2 rings (SSSR count). The van der Waals surface area contributed by atoms with Gasteiger partial charge in [0, 0.05) is 0 Å². The molecule has 0 saturated carbocycles. The highest BCUT2D eigenvalue weighted by atomic mass is 16.9. The summed E-state index contributed by atoms with van der Waals surface area (Å²) in [6.07, 6.45) is -0.758. The van der Waals surface area contributed by atoms with Crippen molar-refractivity contribution in [3.8, 4) is 0 Å². The van der Waals surface area contributed by atoms with Crippen LogP contribution in [0.3, 0.4) is 0 Å². The fourth-order valence-corrected chi connectivity index (χ4v) is 2.08. The van der Waals surface area contributed by atoms with Gasteiger partial charge in [-0.2, -0.15) is 0 Å². The largest absolute Gasteiger partial charge is 0.445 e. The number of amides is 2. The maximum absolute atomic E-state index is 11.6. The lowest BCUT2D eigenvalue weighted by Crippen LogP contribution is -2.40. The molecule has 0 aliphatic carbocycles. The van der Waals surface area contributed by atoms with Crippen LogP contribution in [0.4, 0.5) is 4.79 Å². The molecule has 28 heavy (non-hydrogen) atoms. The van der Waals surface area contributed by atoms with Gasteiger partial charge in [-0.1, -0.05) is 60.7 Å². The van der Waals surface area contributed by atoms with Crippen molar-refractivity contribution in [3.05, 3.63) is 71.8 Å². The minimum absolute atomic E-state index is 0.0185. The first-order chi connectivity index (χ1) is 13.5. The molecule has 0 unspecified atom stereocenters. The summed E-state index contributed by atoms with van der Waals surface area (Å²) in [4.78, 5) is 39.4. The smallest absolute Gasteiger partial charge is 0.407 e. The van der Waals surface area contributed by atoms with Crippen LogP contribution in [0, 0.1) is 0 Å². The van der Waals surface area contributed by atoms with Crippen molar-refractivity contribution in [2.24, 2.45) is 0 Å². The number of alkyl carbamates (subject to hydrolysis) is 1. The van der Waals surface area contributed by atoms with Crippen LogP contribution in [0.5, 0.6) is 0 Å². The summed E-state index contributed by atoms with van der Waals surface area (Å²) in [6.45, 7) is -0.775. The molecule has 0 aliphatic rings. The molecule has 0 fully saturated rings. The molecule has 2 amide bonds. The van der Waals surface area contributed by atoms with Crippen molar-refractivity contribution < 1.29 is 29.2 Å². The highest BCUT2D eigenvalue weighted by Gasteiger charge is 2.12. The van der Waals surface area contributed by atoms with Crippen LogP contribution >= 0.6 is 0 Å². The third-order valence-corrected chi connectivity index (χ3v) is 3.40. The number of hydroxylamine groups is 2. The van der Waals surface area contributed by atoms with E-state index in [2.05, 4.69) is 15.5 Å². The van der Waals surface area contributed by atoms with Gasteiger partial charge in [-0.3, -0.25) is 10.0 Å². The number of ether oxygens (including phenoxy) is 1. The average molecular weight is 387 g/mol. The second kappa shape index (κ2) is 11.3. The van der Waals surface area contributed by atoms with E-state index in [0.29, 0.717) is 5.23 Å². The topological polar surface area (TPSA) is 117 Å². The Bertz CT molecular complexity index is 770. The normalized spacial score (nSPS) is 10.2. The molecule has 0 radical (unpaired) electrons. The molecule has 9 heteroatoms. The first-order valence-corrected chi connectivity index (χ1v) is 8.45. The maximum Gasteiger partial charge on any atom is 0.407 e. The van der Waals surface area contributed by atoms with Gasteiger partial charge in [0.1, 0.15) is 19.7 Å². The predicted molar refractivity (Wildman–Crippen MR) is 97.5 cm³/mol. The van der Waals surface area contributed by atoms with Crippen LogP contribution in [-0.4, -0.2) is 41.5 Å². The van der Waals surface area contributed by atoms with Gasteiger partial charge in [0.15, 0.2) is 0 Å². The van der Waals surface area contributed by atoms with Crippen molar-refractivity contribution in [2.45, 2.75) is 13.2 Å². The molecule has 0 aromatic heterocycles. The number of nitrogens with zero attached hydrogens (tertiary/aromatic N) is 1. The van der Waals surface area contributed by atoms with E-state index < -0.39 is 24.5 Å². The van der Waals surface area contributed by atoms with Crippen LogP contribution < -0.4 is 10.6 Å². The third kappa shape index (κ3) is 8.30. The summed E-state index contributed by atoms with van der Waals surface area (Å²) < 4.78 is 4.95. The van der Waals surface area contributed by atoms with Crippen LogP contribution in [0.25, 0.3) is 0 Å². The summed E-state index contributed by atoms with van der Waals surface area (Å²) in [5.41, 5.74) is 1.55. The number of benzene rings is 2. The monoisotopic (exact) mass is 387 g/mol. The van der Waals surface area contributed by atoms with E-state index in [-0.39, 0.29) is 19.7 Å². The number of hydrogen-bond donors (Lipinski definition) is 3. The van der Waals surface area contributed by atoms with Gasteiger partial charge in [-0.15, -0.1) is 0 Å². The minimum Gasteiger partial charge on any atom is -0.445 e. The highest BCUT2D eigenvalue weighted by Crippen LogP contribution is 2.02. The first-order valence-electron chi connectivity index (χ1n) is 8.45. The zero-order valence-corrected chi connectivity index (χ0v) is 15.0. The molecule has 0 saturated heterocycles. The van der Waals surface area contributed by atoms with E-state index in [1.165, 1.54) is 0 Å². The standard InChI is InChI=1S/C19H21N3O6/c23-17(11-21-19(25)27-14-16-9-5-2-6-10-16)20-12-18(24)28-22(26)13-15-7-3-1-4-8-15/h1-10,26H,11-14H2,(H,20,23)(H,21,25). The molecular formula is C19H21N3O6. The lowest BCUT2D eigenvalue weighted by Gasteiger charge is -2.14. The molecule has 0 atom stereocenters. The highest BCUT2D eigenvalue weighted by molar-refractivity contribution is 5.85. The molecule has 3 N–H and O–H groups in total. The Hall–Kier alpha value is -3.43. The van der Waals surface area contributed by atoms with Crippen LogP contribution in [-0.2, 0) is 32.3 Å². The van der Waals surface area contributed by atoms with Crippen LogP contribution in [0.2, 0.25) is 0 Å². The molecule has 2 aromatic carbocycles. The van der Waals surface area contributed by atoms with E-state index in [1.54, 1.807) is 36.4 Å². The average Bonchev–Trinajstić information content (AvgIpc) is 2.70. The second-order valence-corrected chi connectivity index (χ2v) is 5.65. The number of nitrogens with one attached hydrogen (secondary N) is 2. The van der Waals surface area contributed by atoms with Crippen molar-refractivity contribution in [1.82, 2.24) is 15.9 Å². The summed E-state index contributed by atoms with van der Waals surface area (Å²) in [6, 6.07) is 18.0. The van der Waals surface area contributed by atoms with Gasteiger partial charge in [-0.25, -0.2) is 9.59 Å². The first kappa shape index (κ1) is 20.9. The summed E-state index contributed by atoms with van der Waals surface area (Å²) >= 11 is 0. The van der Waals surface area contributed by atoms with E-state index in [1.807, 2.05) is 24.3 Å². The fraction of sp³-hybridized carbons (Fsp3) is 0.211. The molecule has 148 valence electrons. The van der Waals surface area contributed by atoms with Gasteiger partial charge < -0.3 is 20.2 Å². The Morgan fingerprint density at radius 2 is 1.46 bits per heavy atom. The van der Waals surface area contributed by atoms with Crippen molar-refractivity contribution in [3.63, 3.8) is 0 Å². The Morgan fingerprint density at radius 3 is 2.11 bits per heavy atom. The predicted octanol–water partition coefficient (Wildman–Crippen LogP) is 1.38. The van der Waals surface area contributed by atoms with Crippen LogP contribution in [0.15, 0.2) is 60.7 Å². The van der Waals surface area contributed by atoms with Crippen molar-refractivity contribution in [1.29, 1.82) is 0 Å². The van der Waals surface area contributed by atoms with Gasteiger partial charge >= 0.3 is 12.1 Å². The lowest BCUT2D eigenvalue weighted by atomic mass is 10.2. The lowest BCUT2D eigenvalue weighted by molar-refractivity contribution is -0.323. The fourth-order valence-electron chi connectivity index (χ4n) is 2.08. The Labute approximate surface area is 161 Å². The molecule has 0 heterocycles. The Morgan fingerprint density at radius 1 is 0.857 bits per heavy atom. The zero-order chi connectivity index (χ0) is 20.2. The molecule has 2 aromatic rings. The minimum atomic E-state index is -0.863. The van der Waals surface area contributed by atoms with Crippen molar-refractivity contribution >= 4 is 18.0 Å². The molecule has 0 spiro atoms. The van der Waals surface area contributed by atoms with Gasteiger partial charge in [-0.05, 0) is 16.4 Å². The SMILES string of the molecule is O=C(CNC(=O)OCc1ccccc1)NCC(=O)ON(O)Cc1ccccc1. The number of hydrogen-bond acceptors (Lipinski definition) is 7. The summed E-state index contributed by atoms with van der Waals surface area (Å²) in [5, 5.41) is 14.5. The second-order valence-electron chi connectivity index (χ2n) is 5.65. The third-order valence-electron chi connectivity index (χ3n) is 3.40.